The summed E-state index contributed by atoms with van der Waals surface area (Å²) >= 11 is 0. The number of benzene rings is 1. The van der Waals surface area contributed by atoms with Gasteiger partial charge in [-0.05, 0) is 44.2 Å². The molecule has 0 spiro atoms. The van der Waals surface area contributed by atoms with E-state index in [1.54, 1.807) is 0 Å². The molecule has 2 aliphatic heterocycles. The van der Waals surface area contributed by atoms with Crippen LogP contribution in [-0.4, -0.2) is 66.3 Å². The lowest BCUT2D eigenvalue weighted by Crippen LogP contribution is -2.41. The van der Waals surface area contributed by atoms with E-state index in [-0.39, 0.29) is 12.3 Å². The molecule has 0 radical (unpaired) electrons. The average molecular weight is 419 g/mol. The lowest BCUT2D eigenvalue weighted by atomic mass is 10.1. The number of rotatable bonds is 8. The summed E-state index contributed by atoms with van der Waals surface area (Å²) in [5, 5.41) is 12.3. The van der Waals surface area contributed by atoms with Gasteiger partial charge in [0.05, 0.1) is 13.2 Å². The summed E-state index contributed by atoms with van der Waals surface area (Å²) in [5.74, 6) is 0.742. The van der Waals surface area contributed by atoms with Crippen molar-refractivity contribution in [2.24, 2.45) is 0 Å². The maximum absolute atomic E-state index is 11.0. The highest BCUT2D eigenvalue weighted by Gasteiger charge is 2.23. The van der Waals surface area contributed by atoms with Gasteiger partial charge in [-0.1, -0.05) is 0 Å². The number of hydrogen-bond acceptors (Lipinski definition) is 7. The Balaban J connectivity index is 1.22. The van der Waals surface area contributed by atoms with Crippen molar-refractivity contribution in [1.82, 2.24) is 9.88 Å². The summed E-state index contributed by atoms with van der Waals surface area (Å²) in [7, 11) is 0. The van der Waals surface area contributed by atoms with E-state index < -0.39 is 6.09 Å². The molecular weight excluding hydrogens is 390 g/mol. The van der Waals surface area contributed by atoms with Crippen LogP contribution in [0.25, 0.3) is 11.1 Å². The molecule has 2 aromatic rings. The number of oxazole rings is 1. The first kappa shape index (κ1) is 20.7. The predicted octanol–water partition coefficient (Wildman–Crippen LogP) is 3.69. The van der Waals surface area contributed by atoms with Gasteiger partial charge < -0.3 is 34.0 Å². The third-order valence-corrected chi connectivity index (χ3v) is 5.45. The summed E-state index contributed by atoms with van der Waals surface area (Å²) in [5.41, 5.74) is 1.41. The first-order valence-corrected chi connectivity index (χ1v) is 10.7. The summed E-state index contributed by atoms with van der Waals surface area (Å²) in [4.78, 5) is 16.9. The monoisotopic (exact) mass is 419 g/mol. The molecule has 2 saturated heterocycles. The Hall–Kier alpha value is -2.52. The number of fused-ring (bicyclic) bond motifs is 1. The molecule has 4 rings (SSSR count). The van der Waals surface area contributed by atoms with Crippen molar-refractivity contribution in [3.63, 3.8) is 0 Å². The van der Waals surface area contributed by atoms with Gasteiger partial charge in [0, 0.05) is 38.2 Å². The zero-order valence-corrected chi connectivity index (χ0v) is 17.0. The standard InChI is InChI=1S/C21H29N3O6/c25-21(26)24-9-7-15(8-10-24)22-20-23-17-14-16(5-6-18(17)30-20)27-12-3-13-29-19-4-1-2-11-28-19/h5-6,14-15,19H,1-4,7-13H2,(H,22,23)(H,25,26). The van der Waals surface area contributed by atoms with Gasteiger partial charge >= 0.3 is 6.09 Å². The molecule has 1 amide bonds. The first-order chi connectivity index (χ1) is 14.7. The molecule has 2 N–H and O–H groups in total. The number of carbonyl (C=O) groups is 1. The van der Waals surface area contributed by atoms with Crippen LogP contribution in [0, 0.1) is 0 Å². The van der Waals surface area contributed by atoms with Crippen LogP contribution in [-0.2, 0) is 9.47 Å². The SMILES string of the molecule is O=C(O)N1CCC(Nc2nc3cc(OCCCOC4CCCCO4)ccc3o2)CC1. The van der Waals surface area contributed by atoms with Gasteiger partial charge in [0.25, 0.3) is 6.01 Å². The van der Waals surface area contributed by atoms with E-state index in [4.69, 9.17) is 23.7 Å². The van der Waals surface area contributed by atoms with E-state index in [9.17, 15) is 4.79 Å². The van der Waals surface area contributed by atoms with Crippen molar-refractivity contribution in [2.45, 2.75) is 50.9 Å². The second-order valence-corrected chi connectivity index (χ2v) is 7.71. The first-order valence-electron chi connectivity index (χ1n) is 10.7. The number of nitrogens with one attached hydrogen (secondary N) is 1. The third kappa shape index (κ3) is 5.54. The zero-order valence-electron chi connectivity index (χ0n) is 17.0. The Morgan fingerprint density at radius 2 is 2.10 bits per heavy atom. The van der Waals surface area contributed by atoms with Crippen molar-refractivity contribution < 1.29 is 28.5 Å². The molecule has 0 aliphatic carbocycles. The van der Waals surface area contributed by atoms with Gasteiger partial charge in [0.1, 0.15) is 11.3 Å². The van der Waals surface area contributed by atoms with Gasteiger partial charge in [0.15, 0.2) is 11.9 Å². The van der Waals surface area contributed by atoms with Crippen molar-refractivity contribution in [2.75, 3.05) is 38.2 Å². The number of amides is 1. The maximum atomic E-state index is 11.0. The van der Waals surface area contributed by atoms with Crippen molar-refractivity contribution in [1.29, 1.82) is 0 Å². The maximum Gasteiger partial charge on any atom is 0.407 e. The fourth-order valence-electron chi connectivity index (χ4n) is 3.75. The predicted molar refractivity (Wildman–Crippen MR) is 110 cm³/mol. The van der Waals surface area contributed by atoms with E-state index in [0.717, 1.165) is 56.4 Å². The van der Waals surface area contributed by atoms with Crippen LogP contribution >= 0.6 is 0 Å². The number of piperidine rings is 1. The topological polar surface area (TPSA) is 106 Å². The minimum atomic E-state index is -0.864. The minimum absolute atomic E-state index is 0.0625. The molecule has 0 bridgehead atoms. The van der Waals surface area contributed by atoms with Crippen molar-refractivity contribution in [3.05, 3.63) is 18.2 Å². The Kier molecular flexibility index (Phi) is 6.91. The second-order valence-electron chi connectivity index (χ2n) is 7.71. The molecule has 2 fully saturated rings. The molecule has 9 nitrogen and oxygen atoms in total. The number of carboxylic acid groups (broad SMARTS) is 1. The minimum Gasteiger partial charge on any atom is -0.493 e. The number of ether oxygens (including phenoxy) is 3. The Bertz CT molecular complexity index is 827. The molecule has 1 aromatic heterocycles. The number of anilines is 1. The van der Waals surface area contributed by atoms with E-state index in [1.165, 1.54) is 4.90 Å². The van der Waals surface area contributed by atoms with Gasteiger partial charge in [0.2, 0.25) is 0 Å². The zero-order chi connectivity index (χ0) is 20.8. The lowest BCUT2D eigenvalue weighted by Gasteiger charge is -2.29. The number of likely N-dealkylation sites (tertiary alicyclic amines) is 1. The molecule has 0 saturated carbocycles. The smallest absolute Gasteiger partial charge is 0.407 e. The fourth-order valence-corrected chi connectivity index (χ4v) is 3.75. The second kappa shape index (κ2) is 9.99. The van der Waals surface area contributed by atoms with E-state index >= 15 is 0 Å². The normalized spacial score (nSPS) is 20.4. The van der Waals surface area contributed by atoms with Crippen LogP contribution in [0.3, 0.4) is 0 Å². The summed E-state index contributed by atoms with van der Waals surface area (Å²) < 4.78 is 22.8. The van der Waals surface area contributed by atoms with Crippen LogP contribution in [0.15, 0.2) is 22.6 Å². The number of nitrogens with zero attached hydrogens (tertiary/aromatic N) is 2. The molecule has 1 atom stereocenters. The molecule has 9 heteroatoms. The number of aromatic nitrogens is 1. The van der Waals surface area contributed by atoms with Crippen LogP contribution in [0.4, 0.5) is 10.8 Å². The third-order valence-electron chi connectivity index (χ3n) is 5.45. The Morgan fingerprint density at radius 3 is 2.87 bits per heavy atom. The van der Waals surface area contributed by atoms with Crippen molar-refractivity contribution in [3.8, 4) is 5.75 Å². The highest BCUT2D eigenvalue weighted by atomic mass is 16.7. The van der Waals surface area contributed by atoms with E-state index in [2.05, 4.69) is 10.3 Å². The molecule has 2 aliphatic rings. The van der Waals surface area contributed by atoms with Crippen LogP contribution in [0.5, 0.6) is 5.75 Å². The Morgan fingerprint density at radius 1 is 1.23 bits per heavy atom. The molecular formula is C21H29N3O6. The quantitative estimate of drug-likeness (QED) is 0.624. The van der Waals surface area contributed by atoms with E-state index in [1.807, 2.05) is 18.2 Å². The van der Waals surface area contributed by atoms with Crippen LogP contribution in [0.1, 0.15) is 38.5 Å². The highest BCUT2D eigenvalue weighted by Crippen LogP contribution is 2.25. The fraction of sp³-hybridized carbons (Fsp3) is 0.619. The van der Waals surface area contributed by atoms with Crippen molar-refractivity contribution >= 4 is 23.2 Å². The van der Waals surface area contributed by atoms with Crippen LogP contribution in [0.2, 0.25) is 0 Å². The van der Waals surface area contributed by atoms with Gasteiger partial charge in [-0.2, -0.15) is 4.98 Å². The molecule has 164 valence electrons. The summed E-state index contributed by atoms with van der Waals surface area (Å²) in [6.45, 7) is 3.00. The van der Waals surface area contributed by atoms with E-state index in [0.29, 0.717) is 37.9 Å². The van der Waals surface area contributed by atoms with Gasteiger partial charge in [-0.15, -0.1) is 0 Å². The Labute approximate surface area is 175 Å². The number of hydrogen-bond donors (Lipinski definition) is 2. The van der Waals surface area contributed by atoms with Gasteiger partial charge in [-0.3, -0.25) is 0 Å². The van der Waals surface area contributed by atoms with Gasteiger partial charge in [-0.25, -0.2) is 4.79 Å². The molecule has 1 aromatic carbocycles. The largest absolute Gasteiger partial charge is 0.493 e. The average Bonchev–Trinajstić information content (AvgIpc) is 3.16. The summed E-state index contributed by atoms with van der Waals surface area (Å²) in [6.07, 6.45) is 4.58. The molecule has 3 heterocycles. The lowest BCUT2D eigenvalue weighted by molar-refractivity contribution is -0.163. The molecule has 1 unspecified atom stereocenters. The summed E-state index contributed by atoms with van der Waals surface area (Å²) in [6, 6.07) is 6.19. The van der Waals surface area contributed by atoms with Crippen LogP contribution < -0.4 is 10.1 Å². The molecule has 30 heavy (non-hydrogen) atoms. The highest BCUT2D eigenvalue weighted by molar-refractivity contribution is 5.76.